The van der Waals surface area contributed by atoms with Crippen molar-refractivity contribution in [3.05, 3.63) is 47.1 Å². The third-order valence-corrected chi connectivity index (χ3v) is 22.0. The Hall–Kier alpha value is -1.26. The van der Waals surface area contributed by atoms with Gasteiger partial charge in [-0.2, -0.15) is 0 Å². The second-order valence-electron chi connectivity index (χ2n) is 19.6. The van der Waals surface area contributed by atoms with Crippen molar-refractivity contribution in [1.29, 1.82) is 0 Å². The van der Waals surface area contributed by atoms with E-state index in [4.69, 9.17) is 24.9 Å². The predicted molar refractivity (Wildman–Crippen MR) is 216 cm³/mol. The van der Waals surface area contributed by atoms with E-state index in [2.05, 4.69) is 107 Å². The number of hydrogen-bond acceptors (Lipinski definition) is 5. The van der Waals surface area contributed by atoms with E-state index in [1.54, 1.807) is 5.57 Å². The monoisotopic (exact) mass is 729 g/mol. The van der Waals surface area contributed by atoms with E-state index in [1.807, 2.05) is 13.8 Å². The molecule has 3 rings (SSSR count). The summed E-state index contributed by atoms with van der Waals surface area (Å²) in [5.74, 6) is -0.831. The predicted octanol–water partition coefficient (Wildman–Crippen LogP) is 12.8. The van der Waals surface area contributed by atoms with Gasteiger partial charge in [-0.3, -0.25) is 0 Å². The van der Waals surface area contributed by atoms with Crippen molar-refractivity contribution >= 4 is 22.6 Å². The van der Waals surface area contributed by atoms with Gasteiger partial charge < -0.3 is 18.3 Å². The zero-order valence-corrected chi connectivity index (χ0v) is 37.1. The first kappa shape index (κ1) is 43.2. The molecule has 3 aliphatic carbocycles. The van der Waals surface area contributed by atoms with Crippen LogP contribution in [0.1, 0.15) is 147 Å². The van der Waals surface area contributed by atoms with Crippen LogP contribution in [0.5, 0.6) is 0 Å². The molecule has 4 atom stereocenters. The molecule has 5 nitrogen and oxygen atoms in total. The van der Waals surface area contributed by atoms with Crippen molar-refractivity contribution in [3.8, 4) is 0 Å². The number of fused-ring (bicyclic) bond motifs is 1. The van der Waals surface area contributed by atoms with E-state index in [0.29, 0.717) is 18.8 Å². The minimum Gasteiger partial charge on any atom is -0.458 e. The molecule has 286 valence electrons. The first-order chi connectivity index (χ1) is 22.8. The summed E-state index contributed by atoms with van der Waals surface area (Å²) >= 11 is 0. The molecule has 50 heavy (non-hydrogen) atoms. The van der Waals surface area contributed by atoms with Gasteiger partial charge in [0, 0.05) is 12.8 Å². The maximum absolute atomic E-state index is 13.5. The number of carbonyl (C=O) groups excluding carboxylic acids is 1. The molecule has 0 aromatic carbocycles. The summed E-state index contributed by atoms with van der Waals surface area (Å²) in [4.78, 5) is 13.5. The zero-order valence-electron chi connectivity index (χ0n) is 35.1. The Balaban J connectivity index is 2.07. The molecule has 0 radical (unpaired) electrons. The van der Waals surface area contributed by atoms with Crippen molar-refractivity contribution in [3.63, 3.8) is 0 Å². The van der Waals surface area contributed by atoms with Crippen molar-refractivity contribution in [2.75, 3.05) is 6.61 Å². The maximum atomic E-state index is 13.5. The van der Waals surface area contributed by atoms with Crippen LogP contribution in [0.25, 0.3) is 0 Å². The lowest BCUT2D eigenvalue weighted by molar-refractivity contribution is -0.219. The minimum absolute atomic E-state index is 0.0204. The van der Waals surface area contributed by atoms with Gasteiger partial charge in [-0.1, -0.05) is 111 Å². The van der Waals surface area contributed by atoms with Crippen LogP contribution in [0, 0.1) is 11.3 Å². The highest BCUT2D eigenvalue weighted by atomic mass is 28.4. The number of ether oxygens (including phenoxy) is 2. The van der Waals surface area contributed by atoms with Crippen molar-refractivity contribution in [2.24, 2.45) is 11.3 Å². The molecule has 2 fully saturated rings. The van der Waals surface area contributed by atoms with E-state index in [-0.39, 0.29) is 34.2 Å². The van der Waals surface area contributed by atoms with E-state index in [0.717, 1.165) is 56.1 Å². The van der Waals surface area contributed by atoms with Crippen LogP contribution in [0.3, 0.4) is 0 Å². The van der Waals surface area contributed by atoms with Gasteiger partial charge in [0.2, 0.25) is 0 Å². The summed E-state index contributed by atoms with van der Waals surface area (Å²) in [7, 11) is -4.59. The van der Waals surface area contributed by atoms with Gasteiger partial charge in [0.1, 0.15) is 12.2 Å². The van der Waals surface area contributed by atoms with Crippen LogP contribution in [-0.2, 0) is 23.1 Å². The van der Waals surface area contributed by atoms with E-state index in [9.17, 15) is 4.79 Å². The first-order valence-corrected chi connectivity index (χ1v) is 25.7. The number of carbonyl (C=O) groups is 1. The molecule has 0 N–H and O–H groups in total. The number of allylic oxidation sites excluding steroid dienone is 5. The Kier molecular flexibility index (Phi) is 13.8. The van der Waals surface area contributed by atoms with E-state index < -0.39 is 28.0 Å². The smallest absolute Gasteiger partial charge is 0.332 e. The van der Waals surface area contributed by atoms with Gasteiger partial charge in [0.25, 0.3) is 0 Å². The summed E-state index contributed by atoms with van der Waals surface area (Å²) < 4.78 is 27.4. The van der Waals surface area contributed by atoms with E-state index >= 15 is 0 Å². The molecule has 1 unspecified atom stereocenters. The molecule has 2 saturated carbocycles. The average molecular weight is 729 g/mol. The molecule has 0 bridgehead atoms. The molecule has 0 aromatic rings. The number of unbranched alkanes of at least 4 members (excludes halogenated alkanes) is 2. The lowest BCUT2D eigenvalue weighted by Gasteiger charge is -2.51. The van der Waals surface area contributed by atoms with Crippen LogP contribution in [0.15, 0.2) is 47.1 Å². The second kappa shape index (κ2) is 16.0. The van der Waals surface area contributed by atoms with Crippen LogP contribution in [0.4, 0.5) is 0 Å². The molecule has 3 aliphatic rings. The van der Waals surface area contributed by atoms with Crippen molar-refractivity contribution in [2.45, 2.75) is 201 Å². The normalized spacial score (nSPS) is 28.6. The Labute approximate surface area is 310 Å². The van der Waals surface area contributed by atoms with Crippen LogP contribution < -0.4 is 0 Å². The summed E-state index contributed by atoms with van der Waals surface area (Å²) in [5.41, 5.74) is 5.00. The lowest BCUT2D eigenvalue weighted by atomic mass is 9.64. The minimum atomic E-state index is -2.38. The number of esters is 1. The highest BCUT2D eigenvalue weighted by molar-refractivity contribution is 6.74. The molecular formula is C43H76O5Si2. The molecule has 0 spiro atoms. The highest BCUT2D eigenvalue weighted by Crippen LogP contribution is 2.56. The quantitative estimate of drug-likeness (QED) is 0.0586. The Morgan fingerprint density at radius 2 is 1.62 bits per heavy atom. The highest BCUT2D eigenvalue weighted by Gasteiger charge is 2.52. The average Bonchev–Trinajstić information content (AvgIpc) is 3.32. The fraction of sp³-hybridized carbons (Fsp3) is 0.791. The SMILES string of the molecule is C=C1C(=CC=C2CCC[C@]3(C)C(CC)=CC[C@@H]23)C[C@](OCC(=O)OC(C)(C)CCCCC)(O[Si](C)(C)C(C)(C)C)CC1O[Si](C)(C)C(C)(C)C. The van der Waals surface area contributed by atoms with Crippen molar-refractivity contribution < 1.29 is 23.1 Å². The topological polar surface area (TPSA) is 54.0 Å². The van der Waals surface area contributed by atoms with Gasteiger partial charge in [-0.05, 0) is 118 Å². The number of hydrogen-bond donors (Lipinski definition) is 0. The molecule has 0 aliphatic heterocycles. The Bertz CT molecular complexity index is 1310. The standard InChI is InChI=1S/C43H76O5Si2/c1-17-19-20-27-41(10,11)46-38(44)31-45-43(48-50(15,16)40(7,8)9)29-34(32(3)37(30-43)47-49(13,14)39(4,5)6)24-23-33-22-21-28-42(12)35(18-2)25-26-36(33)42/h23-25,36-37H,3,17-22,26-31H2,1-2,4-16H3/t36-,37?,42+,43-/m0/s1. The lowest BCUT2D eigenvalue weighted by Crippen LogP contribution is -2.56. The third-order valence-electron chi connectivity index (χ3n) is 13.1. The molecule has 0 saturated heterocycles. The van der Waals surface area contributed by atoms with Gasteiger partial charge in [-0.25, -0.2) is 4.79 Å². The van der Waals surface area contributed by atoms with Gasteiger partial charge in [0.15, 0.2) is 22.4 Å². The number of rotatable bonds is 14. The molecule has 0 aromatic heterocycles. The zero-order chi connectivity index (χ0) is 38.0. The summed E-state index contributed by atoms with van der Waals surface area (Å²) in [6.07, 6.45) is 17.9. The Morgan fingerprint density at radius 3 is 2.20 bits per heavy atom. The molecular weight excluding hydrogens is 653 g/mol. The van der Waals surface area contributed by atoms with Crippen LogP contribution in [-0.4, -0.2) is 46.7 Å². The first-order valence-electron chi connectivity index (χ1n) is 19.8. The van der Waals surface area contributed by atoms with Crippen LogP contribution in [0.2, 0.25) is 36.3 Å². The summed E-state index contributed by atoms with van der Waals surface area (Å²) in [6.45, 7) is 38.3. The summed E-state index contributed by atoms with van der Waals surface area (Å²) in [6, 6.07) is 0. The maximum Gasteiger partial charge on any atom is 0.332 e. The summed E-state index contributed by atoms with van der Waals surface area (Å²) in [5, 5.41) is -0.0349. The van der Waals surface area contributed by atoms with Gasteiger partial charge in [0.05, 0.1) is 6.10 Å². The second-order valence-corrected chi connectivity index (χ2v) is 29.1. The Morgan fingerprint density at radius 1 is 0.980 bits per heavy atom. The molecule has 0 heterocycles. The van der Waals surface area contributed by atoms with Crippen molar-refractivity contribution in [1.82, 2.24) is 0 Å². The molecule has 0 amide bonds. The van der Waals surface area contributed by atoms with Gasteiger partial charge in [-0.15, -0.1) is 0 Å². The largest absolute Gasteiger partial charge is 0.458 e. The van der Waals surface area contributed by atoms with E-state index in [1.165, 1.54) is 18.4 Å². The fourth-order valence-corrected chi connectivity index (χ4v) is 10.5. The fourth-order valence-electron chi connectivity index (χ4n) is 7.78. The molecule has 7 heteroatoms. The third kappa shape index (κ3) is 10.2. The van der Waals surface area contributed by atoms with Gasteiger partial charge >= 0.3 is 5.97 Å². The van der Waals surface area contributed by atoms with Crippen LogP contribution >= 0.6 is 0 Å².